The Balaban J connectivity index is 0.773. The third kappa shape index (κ3) is 12.8. The van der Waals surface area contributed by atoms with Crippen molar-refractivity contribution in [3.8, 4) is 0 Å². The molecular weight excluding hydrogens is 1110 g/mol. The fourth-order valence-corrected chi connectivity index (χ4v) is 16.2. The molecule has 5 saturated heterocycles. The molecule has 5 heterocycles. The van der Waals surface area contributed by atoms with E-state index < -0.39 is 182 Å². The van der Waals surface area contributed by atoms with Crippen molar-refractivity contribution in [2.45, 2.75) is 292 Å². The van der Waals surface area contributed by atoms with Crippen LogP contribution in [0.4, 0.5) is 0 Å². The van der Waals surface area contributed by atoms with Gasteiger partial charge in [-0.25, -0.2) is 4.79 Å². The van der Waals surface area contributed by atoms with Crippen molar-refractivity contribution in [2.75, 3.05) is 35.0 Å². The monoisotopic (exact) mass is 1210 g/mol. The summed E-state index contributed by atoms with van der Waals surface area (Å²) in [5, 5.41) is 66.9. The quantitative estimate of drug-likeness (QED) is 0.0608. The van der Waals surface area contributed by atoms with E-state index in [1.54, 1.807) is 28.3 Å². The minimum absolute atomic E-state index is 0.0852. The summed E-state index contributed by atoms with van der Waals surface area (Å²) >= 11 is 0. The lowest BCUT2D eigenvalue weighted by Crippen LogP contribution is -2.75. The highest BCUT2D eigenvalue weighted by atomic mass is 16.8. The van der Waals surface area contributed by atoms with Gasteiger partial charge in [0.05, 0.1) is 61.5 Å². The Labute approximate surface area is 500 Å². The lowest BCUT2D eigenvalue weighted by molar-refractivity contribution is -0.358. The number of esters is 1. The first kappa shape index (κ1) is 67.2. The topological polar surface area (TPSA) is 294 Å². The molecule has 0 aromatic heterocycles. The van der Waals surface area contributed by atoms with Crippen LogP contribution in [-0.2, 0) is 80.6 Å². The zero-order valence-electron chi connectivity index (χ0n) is 52.3. The summed E-state index contributed by atoms with van der Waals surface area (Å²) in [6.45, 7) is 18.3. The van der Waals surface area contributed by atoms with Gasteiger partial charge >= 0.3 is 5.97 Å². The van der Waals surface area contributed by atoms with E-state index in [1.165, 1.54) is 20.1 Å². The number of hydrogen-bond donors (Lipinski definition) is 6. The maximum atomic E-state index is 13.6. The van der Waals surface area contributed by atoms with Crippen LogP contribution < -0.4 is 0 Å². The second-order valence-electron chi connectivity index (χ2n) is 26.6. The average Bonchev–Trinajstić information content (AvgIpc) is 1.88. The number of Topliss-reactive ketones (excluding diaryl/α,β-unsaturated/α-hetero) is 1. The Hall–Kier alpha value is -2.18. The zero-order chi connectivity index (χ0) is 61.8. The molecule has 29 atom stereocenters. The first-order valence-corrected chi connectivity index (χ1v) is 31.0. The molecule has 8 fully saturated rings. The smallest absolute Gasteiger partial charge is 0.330 e. The van der Waals surface area contributed by atoms with E-state index in [0.717, 1.165) is 11.1 Å². The van der Waals surface area contributed by atoms with Gasteiger partial charge in [-0.05, 0) is 97.8 Å². The highest BCUT2D eigenvalue weighted by Gasteiger charge is 2.77. The van der Waals surface area contributed by atoms with Crippen LogP contribution in [0.2, 0.25) is 0 Å². The number of fused-ring (bicyclic) bond motifs is 5. The largest absolute Gasteiger partial charge is 0.458 e. The lowest BCUT2D eigenvalue weighted by Gasteiger charge is -2.66. The van der Waals surface area contributed by atoms with Crippen LogP contribution in [0.5, 0.6) is 0 Å². The fourth-order valence-electron chi connectivity index (χ4n) is 16.2. The van der Waals surface area contributed by atoms with Crippen LogP contribution >= 0.6 is 0 Å². The first-order valence-electron chi connectivity index (χ1n) is 31.0. The summed E-state index contributed by atoms with van der Waals surface area (Å²) < 4.78 is 94.5. The van der Waals surface area contributed by atoms with Gasteiger partial charge in [0.15, 0.2) is 31.5 Å². The molecule has 85 heavy (non-hydrogen) atoms. The molecular formula is C62H100O23. The number of carbonyl (C=O) groups excluding carboxylic acids is 2. The Morgan fingerprint density at radius 2 is 1.12 bits per heavy atom. The Morgan fingerprint density at radius 1 is 0.647 bits per heavy atom. The minimum atomic E-state index is -1.68. The van der Waals surface area contributed by atoms with E-state index in [-0.39, 0.29) is 37.1 Å². The van der Waals surface area contributed by atoms with E-state index in [2.05, 4.69) is 13.0 Å². The molecule has 23 heteroatoms. The maximum absolute atomic E-state index is 13.6. The predicted molar refractivity (Wildman–Crippen MR) is 300 cm³/mol. The van der Waals surface area contributed by atoms with Crippen molar-refractivity contribution < 1.29 is 111 Å². The number of carbonyl (C=O) groups is 2. The van der Waals surface area contributed by atoms with Crippen LogP contribution in [0.25, 0.3) is 0 Å². The molecule has 6 N–H and O–H groups in total. The molecule has 23 nitrogen and oxygen atoms in total. The fraction of sp³-hybridized carbons (Fsp3) is 0.903. The Kier molecular flexibility index (Phi) is 21.3. The van der Waals surface area contributed by atoms with Crippen molar-refractivity contribution >= 4 is 11.8 Å². The lowest BCUT2D eigenvalue weighted by atomic mass is 9.43. The van der Waals surface area contributed by atoms with Crippen molar-refractivity contribution in [3.63, 3.8) is 0 Å². The van der Waals surface area contributed by atoms with Crippen molar-refractivity contribution in [1.82, 2.24) is 0 Å². The van der Waals surface area contributed by atoms with Gasteiger partial charge in [0.2, 0.25) is 0 Å². The van der Waals surface area contributed by atoms with E-state index in [0.29, 0.717) is 51.4 Å². The van der Waals surface area contributed by atoms with Crippen LogP contribution in [0.1, 0.15) is 140 Å². The SMILES string of the molecule is CO[C@H]1C[C@H](O[C@@H]2[C@@H](C)O[C@@H](O[C@H]3CC[C@@]4(C)C(=CC[C@]5(O)[C@@H]4C[C@@H](OC(=O)/C=C(/C)C(C)C)[C@]4(C)[C@@H](C(C)=O)CC[C@@]45O)C3)C[C@H]2OC)O[C@H](C)[C@H]1O[C@H]1C[C@H](OC)[C@H](O[C@H]2C[C@H](OC)[C@H](O[C@@H]3O[C@H](CO)[C@@H](O)[C@H](O)[C@H]3O)[C@@H](C)O2)[C@@H](C)O1. The summed E-state index contributed by atoms with van der Waals surface area (Å²) in [4.78, 5) is 26.9. The summed E-state index contributed by atoms with van der Waals surface area (Å²) in [7, 11) is 6.38. The zero-order valence-corrected chi connectivity index (χ0v) is 52.3. The van der Waals surface area contributed by atoms with Crippen LogP contribution in [-0.4, -0.2) is 230 Å². The van der Waals surface area contributed by atoms with Crippen LogP contribution in [0.3, 0.4) is 0 Å². The molecule has 0 bridgehead atoms. The van der Waals surface area contributed by atoms with Crippen molar-refractivity contribution in [1.29, 1.82) is 0 Å². The number of aliphatic hydroxyl groups excluding tert-OH is 4. The molecule has 0 unspecified atom stereocenters. The summed E-state index contributed by atoms with van der Waals surface area (Å²) in [6.07, 6.45) is -9.60. The number of rotatable bonds is 19. The van der Waals surface area contributed by atoms with Gasteiger partial charge in [0.25, 0.3) is 0 Å². The van der Waals surface area contributed by atoms with E-state index in [1.807, 2.05) is 48.5 Å². The molecule has 0 amide bonds. The van der Waals surface area contributed by atoms with Gasteiger partial charge in [-0.1, -0.05) is 44.9 Å². The summed E-state index contributed by atoms with van der Waals surface area (Å²) in [6, 6.07) is 0. The first-order chi connectivity index (χ1) is 40.2. The standard InChI is InChI=1S/C62H100O23/c1-29(2)30(3)21-46(65)81-45-27-44-59(9)18-16-37(22-36(59)15-19-61(44,69)62(70)20-17-38(31(4)64)60(45,62)10)79-47-23-39(71-11)54(32(5)75-47)82-48-24-40(72-12)55(33(6)76-48)83-49-25-41(73-13)56(34(7)77-49)84-50-26-42(74-14)57(35(8)78-50)85-58-53(68)52(67)51(66)43(28-63)80-58/h15,21,29,32-35,37-45,47-58,63,66-70H,16-20,22-28H2,1-14H3/b30-21-/t32-,33-,34-,35-,37+,38-,39-,40+,41+,42+,43-,44-,45-,47+,48+,49+,50+,51-,52+,53-,54-,55-,56-,57-,58+,59+,60+,61+,62-/m1/s1. The van der Waals surface area contributed by atoms with Crippen molar-refractivity contribution in [2.24, 2.45) is 28.6 Å². The van der Waals surface area contributed by atoms with Gasteiger partial charge < -0.3 is 102 Å². The summed E-state index contributed by atoms with van der Waals surface area (Å²) in [5.74, 6) is -1.49. The van der Waals surface area contributed by atoms with Gasteiger partial charge in [-0.15, -0.1) is 0 Å². The molecule has 5 aliphatic heterocycles. The highest BCUT2D eigenvalue weighted by molar-refractivity contribution is 5.83. The normalized spacial score (nSPS) is 49.5. The minimum Gasteiger partial charge on any atom is -0.458 e. The second kappa shape index (κ2) is 27.0. The van der Waals surface area contributed by atoms with E-state index in [9.17, 15) is 40.2 Å². The number of methoxy groups -OCH3 is 4. The Morgan fingerprint density at radius 3 is 1.56 bits per heavy atom. The summed E-state index contributed by atoms with van der Waals surface area (Å²) in [5.41, 5.74) is -2.98. The van der Waals surface area contributed by atoms with Gasteiger partial charge in [0.1, 0.15) is 71.9 Å². The van der Waals surface area contributed by atoms with Crippen LogP contribution in [0.15, 0.2) is 23.3 Å². The van der Waals surface area contributed by atoms with E-state index >= 15 is 0 Å². The molecule has 9 aliphatic rings. The highest BCUT2D eigenvalue weighted by Crippen LogP contribution is 2.70. The molecule has 3 saturated carbocycles. The molecule has 4 aliphatic carbocycles. The number of aliphatic hydroxyl groups is 6. The molecule has 0 spiro atoms. The van der Waals surface area contributed by atoms with Gasteiger partial charge in [-0.2, -0.15) is 0 Å². The maximum Gasteiger partial charge on any atom is 0.330 e. The van der Waals surface area contributed by atoms with Crippen molar-refractivity contribution in [3.05, 3.63) is 23.3 Å². The molecule has 0 aromatic carbocycles. The van der Waals surface area contributed by atoms with Gasteiger partial charge in [-0.3, -0.25) is 4.79 Å². The number of ketones is 1. The third-order valence-electron chi connectivity index (χ3n) is 21.5. The van der Waals surface area contributed by atoms with Gasteiger partial charge in [0, 0.05) is 77.4 Å². The molecule has 0 radical (unpaired) electrons. The Bertz CT molecular complexity index is 2340. The number of ether oxygens (including phenoxy) is 15. The van der Waals surface area contributed by atoms with Crippen LogP contribution in [0, 0.1) is 28.6 Å². The number of allylic oxidation sites excluding steroid dienone is 1. The molecule has 9 rings (SSSR count). The average molecular weight is 1210 g/mol. The molecule has 0 aromatic rings. The second-order valence-corrected chi connectivity index (χ2v) is 26.6. The molecule has 486 valence electrons. The predicted octanol–water partition coefficient (Wildman–Crippen LogP) is 3.83. The number of hydrogen-bond acceptors (Lipinski definition) is 23. The third-order valence-corrected chi connectivity index (χ3v) is 21.5. The van der Waals surface area contributed by atoms with E-state index in [4.69, 9.17) is 71.1 Å².